The van der Waals surface area contributed by atoms with E-state index in [-0.39, 0.29) is 0 Å². The van der Waals surface area contributed by atoms with Gasteiger partial charge in [0.2, 0.25) is 11.8 Å². The minimum absolute atomic E-state index is 0.399. The third-order valence-electron chi connectivity index (χ3n) is 4.87. The third-order valence-corrected chi connectivity index (χ3v) is 4.87. The Kier molecular flexibility index (Phi) is 6.20. The molecule has 4 rings (SSSR count). The fraction of sp³-hybridized carbons (Fsp3) is 0.0741. The average Bonchev–Trinajstić information content (AvgIpc) is 2.82. The number of hydrogen-bond donors (Lipinski definition) is 2. The molecule has 0 amide bonds. The summed E-state index contributed by atoms with van der Waals surface area (Å²) in [5, 5.41) is 12.0. The second-order valence-corrected chi connectivity index (χ2v) is 7.41. The van der Waals surface area contributed by atoms with Gasteiger partial charge in [-0.05, 0) is 73.5 Å². The van der Waals surface area contributed by atoms with E-state index in [4.69, 9.17) is 15.7 Å². The molecule has 160 valence electrons. The van der Waals surface area contributed by atoms with E-state index in [1.54, 1.807) is 36.5 Å². The third kappa shape index (κ3) is 5.28. The molecule has 0 saturated carbocycles. The first kappa shape index (κ1) is 21.4. The summed E-state index contributed by atoms with van der Waals surface area (Å²) in [5.41, 5.74) is 11.6. The van der Waals surface area contributed by atoms with Gasteiger partial charge in [-0.25, -0.2) is 4.98 Å². The number of aromatic nitrogens is 2. The van der Waals surface area contributed by atoms with Gasteiger partial charge in [0.05, 0.1) is 11.6 Å². The van der Waals surface area contributed by atoms with Crippen LogP contribution >= 0.6 is 0 Å². The number of benzene rings is 3. The number of anilines is 3. The Morgan fingerprint density at radius 1 is 0.909 bits per heavy atom. The first-order valence-corrected chi connectivity index (χ1v) is 10.3. The maximum atomic E-state index is 8.93. The molecule has 0 aliphatic rings. The van der Waals surface area contributed by atoms with Gasteiger partial charge in [-0.15, -0.1) is 0 Å². The molecule has 0 unspecified atom stereocenters. The van der Waals surface area contributed by atoms with E-state index in [0.29, 0.717) is 23.1 Å². The zero-order valence-corrected chi connectivity index (χ0v) is 18.3. The molecule has 3 N–H and O–H groups in total. The molecule has 4 aromatic rings. The van der Waals surface area contributed by atoms with Crippen LogP contribution in [-0.4, -0.2) is 9.97 Å². The normalized spacial score (nSPS) is 9.97. The SMILES string of the molecule is Cc1cc(C#Cc2ccccc2N)cc(C)c1Oc1ccnc(Nc2ccc(C#N)cc2)n1. The zero-order chi connectivity index (χ0) is 23.2. The van der Waals surface area contributed by atoms with Crippen molar-refractivity contribution >= 4 is 17.3 Å². The van der Waals surface area contributed by atoms with Gasteiger partial charge in [0.25, 0.3) is 0 Å². The van der Waals surface area contributed by atoms with Gasteiger partial charge in [-0.1, -0.05) is 24.0 Å². The Balaban J connectivity index is 1.53. The van der Waals surface area contributed by atoms with E-state index in [9.17, 15) is 0 Å². The molecule has 0 radical (unpaired) electrons. The maximum Gasteiger partial charge on any atom is 0.230 e. The molecule has 0 spiro atoms. The van der Waals surface area contributed by atoms with Gasteiger partial charge < -0.3 is 15.8 Å². The molecule has 3 aromatic carbocycles. The van der Waals surface area contributed by atoms with Crippen molar-refractivity contribution in [1.82, 2.24) is 9.97 Å². The number of ether oxygens (including phenoxy) is 1. The fourth-order valence-corrected chi connectivity index (χ4v) is 3.25. The summed E-state index contributed by atoms with van der Waals surface area (Å²) in [5.74, 6) is 7.85. The van der Waals surface area contributed by atoms with Crippen LogP contribution < -0.4 is 15.8 Å². The standard InChI is InChI=1S/C27H21N5O/c1-18-15-21(7-10-22-5-3-4-6-24(22)29)16-19(2)26(18)33-25-13-14-30-27(32-25)31-23-11-8-20(17-28)9-12-23/h3-6,8-9,11-16H,29H2,1-2H3,(H,30,31,32). The molecule has 0 bridgehead atoms. The van der Waals surface area contributed by atoms with Crippen LogP contribution in [0.5, 0.6) is 11.6 Å². The summed E-state index contributed by atoms with van der Waals surface area (Å²) in [6.07, 6.45) is 1.63. The molecule has 1 aromatic heterocycles. The zero-order valence-electron chi connectivity index (χ0n) is 18.3. The Hall–Kier alpha value is -4.81. The second kappa shape index (κ2) is 9.55. The number of nitrogens with zero attached hydrogens (tertiary/aromatic N) is 3. The molecule has 0 atom stereocenters. The highest BCUT2D eigenvalue weighted by Gasteiger charge is 2.09. The highest BCUT2D eigenvalue weighted by atomic mass is 16.5. The summed E-state index contributed by atoms with van der Waals surface area (Å²) < 4.78 is 6.09. The summed E-state index contributed by atoms with van der Waals surface area (Å²) in [6.45, 7) is 3.95. The van der Waals surface area contributed by atoms with Gasteiger partial charge in [-0.2, -0.15) is 10.2 Å². The largest absolute Gasteiger partial charge is 0.438 e. The first-order chi connectivity index (χ1) is 16.0. The molecule has 33 heavy (non-hydrogen) atoms. The average molecular weight is 431 g/mol. The van der Waals surface area contributed by atoms with Crippen molar-refractivity contribution in [2.24, 2.45) is 0 Å². The number of nitriles is 1. The monoisotopic (exact) mass is 431 g/mol. The van der Waals surface area contributed by atoms with Crippen molar-refractivity contribution in [1.29, 1.82) is 5.26 Å². The van der Waals surface area contributed by atoms with Crippen LogP contribution in [0.2, 0.25) is 0 Å². The van der Waals surface area contributed by atoms with E-state index in [1.807, 2.05) is 50.2 Å². The van der Waals surface area contributed by atoms with Crippen LogP contribution in [0.15, 0.2) is 72.9 Å². The van der Waals surface area contributed by atoms with Gasteiger partial charge in [0, 0.05) is 34.8 Å². The van der Waals surface area contributed by atoms with Crippen molar-refractivity contribution in [3.63, 3.8) is 0 Å². The molecule has 6 heteroatoms. The molecule has 0 aliphatic carbocycles. The quantitative estimate of drug-likeness (QED) is 0.328. The van der Waals surface area contributed by atoms with Crippen LogP contribution in [0, 0.1) is 37.0 Å². The van der Waals surface area contributed by atoms with E-state index in [2.05, 4.69) is 33.2 Å². The lowest BCUT2D eigenvalue weighted by Crippen LogP contribution is -1.99. The summed E-state index contributed by atoms with van der Waals surface area (Å²) in [7, 11) is 0. The van der Waals surface area contributed by atoms with Crippen LogP contribution in [0.25, 0.3) is 0 Å². The lowest BCUT2D eigenvalue weighted by Gasteiger charge is -2.12. The number of aryl methyl sites for hydroxylation is 2. The smallest absolute Gasteiger partial charge is 0.230 e. The number of rotatable bonds is 4. The van der Waals surface area contributed by atoms with Crippen molar-refractivity contribution in [2.75, 3.05) is 11.1 Å². The Bertz CT molecular complexity index is 1390. The fourth-order valence-electron chi connectivity index (χ4n) is 3.25. The van der Waals surface area contributed by atoms with Gasteiger partial charge in [0.1, 0.15) is 5.75 Å². The molecular weight excluding hydrogens is 410 g/mol. The summed E-state index contributed by atoms with van der Waals surface area (Å²) in [6, 6.07) is 22.3. The van der Waals surface area contributed by atoms with Crippen molar-refractivity contribution in [2.45, 2.75) is 13.8 Å². The van der Waals surface area contributed by atoms with E-state index in [1.165, 1.54) is 0 Å². The minimum atomic E-state index is 0.399. The first-order valence-electron chi connectivity index (χ1n) is 10.3. The Labute approximate surface area is 192 Å². The molecule has 6 nitrogen and oxygen atoms in total. The number of hydrogen-bond acceptors (Lipinski definition) is 6. The summed E-state index contributed by atoms with van der Waals surface area (Å²) in [4.78, 5) is 8.69. The molecule has 0 fully saturated rings. The van der Waals surface area contributed by atoms with Crippen LogP contribution in [0.4, 0.5) is 17.3 Å². The molecular formula is C27H21N5O. The van der Waals surface area contributed by atoms with Crippen molar-refractivity contribution in [3.8, 4) is 29.5 Å². The van der Waals surface area contributed by atoms with E-state index in [0.717, 1.165) is 33.7 Å². The Morgan fingerprint density at radius 2 is 1.64 bits per heavy atom. The number of nitrogens with one attached hydrogen (secondary N) is 1. The van der Waals surface area contributed by atoms with E-state index < -0.39 is 0 Å². The lowest BCUT2D eigenvalue weighted by molar-refractivity contribution is 0.455. The second-order valence-electron chi connectivity index (χ2n) is 7.41. The maximum absolute atomic E-state index is 8.93. The molecule has 0 aliphatic heterocycles. The number of para-hydroxylation sites is 1. The highest BCUT2D eigenvalue weighted by molar-refractivity contribution is 5.59. The highest BCUT2D eigenvalue weighted by Crippen LogP contribution is 2.29. The lowest BCUT2D eigenvalue weighted by atomic mass is 10.1. The predicted molar refractivity (Wildman–Crippen MR) is 129 cm³/mol. The van der Waals surface area contributed by atoms with Crippen LogP contribution in [0.3, 0.4) is 0 Å². The van der Waals surface area contributed by atoms with Crippen molar-refractivity contribution in [3.05, 3.63) is 101 Å². The topological polar surface area (TPSA) is 96.9 Å². The van der Waals surface area contributed by atoms with E-state index >= 15 is 0 Å². The van der Waals surface area contributed by atoms with Crippen molar-refractivity contribution < 1.29 is 4.74 Å². The van der Waals surface area contributed by atoms with Gasteiger partial charge >= 0.3 is 0 Å². The molecule has 1 heterocycles. The van der Waals surface area contributed by atoms with Crippen LogP contribution in [-0.2, 0) is 0 Å². The summed E-state index contributed by atoms with van der Waals surface area (Å²) >= 11 is 0. The minimum Gasteiger partial charge on any atom is -0.438 e. The number of nitrogen functional groups attached to an aromatic ring is 1. The van der Waals surface area contributed by atoms with Gasteiger partial charge in [0.15, 0.2) is 0 Å². The van der Waals surface area contributed by atoms with Crippen LogP contribution in [0.1, 0.15) is 27.8 Å². The number of nitrogens with two attached hydrogens (primary N) is 1. The Morgan fingerprint density at radius 3 is 2.33 bits per heavy atom. The predicted octanol–water partition coefficient (Wildman–Crippen LogP) is 5.48. The molecule has 0 saturated heterocycles. The van der Waals surface area contributed by atoms with Gasteiger partial charge in [-0.3, -0.25) is 0 Å².